The molecule has 7 heteroatoms. The van der Waals surface area contributed by atoms with Gasteiger partial charge in [0.25, 0.3) is 0 Å². The van der Waals surface area contributed by atoms with E-state index in [9.17, 15) is 8.42 Å². The molecule has 0 saturated carbocycles. The van der Waals surface area contributed by atoms with Gasteiger partial charge in [-0.2, -0.15) is 0 Å². The summed E-state index contributed by atoms with van der Waals surface area (Å²) >= 11 is 0. The molecule has 1 heterocycles. The molecule has 0 spiro atoms. The van der Waals surface area contributed by atoms with Gasteiger partial charge in [0.05, 0.1) is 17.7 Å². The Morgan fingerprint density at radius 3 is 2.34 bits per heavy atom. The normalized spacial score (nSPS) is 11.4. The Bertz CT molecular complexity index is 1300. The van der Waals surface area contributed by atoms with Crippen molar-refractivity contribution >= 4 is 21.4 Å². The van der Waals surface area contributed by atoms with Crippen LogP contribution in [0.4, 0.5) is 11.4 Å². The van der Waals surface area contributed by atoms with Crippen molar-refractivity contribution in [2.75, 3.05) is 11.1 Å². The van der Waals surface area contributed by atoms with E-state index < -0.39 is 10.0 Å². The van der Waals surface area contributed by atoms with Gasteiger partial charge in [0.1, 0.15) is 5.76 Å². The number of furan rings is 1. The number of primary sulfonamides is 1. The Morgan fingerprint density at radius 1 is 0.812 bits per heavy atom. The van der Waals surface area contributed by atoms with Crippen LogP contribution in [0.2, 0.25) is 0 Å². The minimum Gasteiger partial charge on any atom is -0.467 e. The van der Waals surface area contributed by atoms with E-state index in [0.717, 1.165) is 34.6 Å². The van der Waals surface area contributed by atoms with Crippen molar-refractivity contribution in [1.29, 1.82) is 0 Å². The van der Waals surface area contributed by atoms with E-state index >= 15 is 0 Å². The largest absolute Gasteiger partial charge is 0.467 e. The van der Waals surface area contributed by atoms with E-state index in [1.54, 1.807) is 18.4 Å². The first-order chi connectivity index (χ1) is 15.4. The van der Waals surface area contributed by atoms with Crippen LogP contribution in [0.1, 0.15) is 28.0 Å². The Labute approximate surface area is 187 Å². The smallest absolute Gasteiger partial charge is 0.238 e. The molecule has 1 aromatic heterocycles. The lowest BCUT2D eigenvalue weighted by atomic mass is 9.94. The van der Waals surface area contributed by atoms with Gasteiger partial charge in [0.15, 0.2) is 0 Å². The summed E-state index contributed by atoms with van der Waals surface area (Å²) < 4.78 is 29.4. The van der Waals surface area contributed by atoms with Gasteiger partial charge in [-0.25, -0.2) is 13.6 Å². The van der Waals surface area contributed by atoms with Gasteiger partial charge >= 0.3 is 0 Å². The minimum absolute atomic E-state index is 0.0737. The summed E-state index contributed by atoms with van der Waals surface area (Å²) in [6, 6.07) is 24.6. The summed E-state index contributed by atoms with van der Waals surface area (Å²) in [5, 5.41) is 8.73. The second-order valence-electron chi connectivity index (χ2n) is 7.66. The standard InChI is InChI=1S/C25H25N3O3S/c26-22-9-8-19(13-18-5-2-1-3-6-18)20(15-22)14-21-16-24(32(27,29)30)10-11-25(21)28-17-23-7-4-12-31-23/h1-12,15-16,28H,13-14,17,26H2,(H2,27,29,30). The average molecular weight is 448 g/mol. The van der Waals surface area contributed by atoms with Gasteiger partial charge in [-0.05, 0) is 77.6 Å². The number of sulfonamides is 1. The van der Waals surface area contributed by atoms with Crippen LogP contribution in [0.15, 0.2) is 94.4 Å². The maximum Gasteiger partial charge on any atom is 0.238 e. The molecule has 0 aliphatic carbocycles. The van der Waals surface area contributed by atoms with Gasteiger partial charge in [0, 0.05) is 11.4 Å². The van der Waals surface area contributed by atoms with Crippen LogP contribution in [0.25, 0.3) is 0 Å². The predicted molar refractivity (Wildman–Crippen MR) is 127 cm³/mol. The van der Waals surface area contributed by atoms with E-state index in [1.165, 1.54) is 11.6 Å². The third kappa shape index (κ3) is 5.38. The summed E-state index contributed by atoms with van der Waals surface area (Å²) in [5.74, 6) is 0.778. The zero-order valence-electron chi connectivity index (χ0n) is 17.5. The molecule has 0 aliphatic heterocycles. The molecule has 3 aromatic carbocycles. The predicted octanol–water partition coefficient (Wildman–Crippen LogP) is 4.30. The summed E-state index contributed by atoms with van der Waals surface area (Å²) in [7, 11) is -3.83. The second-order valence-corrected chi connectivity index (χ2v) is 9.23. The second kappa shape index (κ2) is 9.30. The van der Waals surface area contributed by atoms with Crippen molar-refractivity contribution in [3.8, 4) is 0 Å². The number of nitrogens with one attached hydrogen (secondary N) is 1. The summed E-state index contributed by atoms with van der Waals surface area (Å²) in [6.45, 7) is 0.475. The lowest BCUT2D eigenvalue weighted by Crippen LogP contribution is -2.13. The molecule has 164 valence electrons. The lowest BCUT2D eigenvalue weighted by molar-refractivity contribution is 0.518. The molecule has 0 unspecified atom stereocenters. The van der Waals surface area contributed by atoms with Crippen LogP contribution in [0, 0.1) is 0 Å². The fourth-order valence-corrected chi connectivity index (χ4v) is 4.23. The van der Waals surface area contributed by atoms with Crippen molar-refractivity contribution in [2.24, 2.45) is 5.14 Å². The molecule has 0 fully saturated rings. The van der Waals surface area contributed by atoms with Gasteiger partial charge in [-0.15, -0.1) is 0 Å². The first-order valence-corrected chi connectivity index (χ1v) is 11.8. The van der Waals surface area contributed by atoms with Crippen molar-refractivity contribution < 1.29 is 12.8 Å². The van der Waals surface area contributed by atoms with E-state index in [4.69, 9.17) is 15.3 Å². The molecule has 6 nitrogen and oxygen atoms in total. The van der Waals surface area contributed by atoms with Crippen molar-refractivity contribution in [2.45, 2.75) is 24.3 Å². The third-order valence-corrected chi connectivity index (χ3v) is 6.20. The van der Waals surface area contributed by atoms with Crippen molar-refractivity contribution in [3.63, 3.8) is 0 Å². The number of hydrogen-bond acceptors (Lipinski definition) is 5. The molecule has 5 N–H and O–H groups in total. The molecule has 0 saturated heterocycles. The maximum atomic E-state index is 12.0. The molecule has 0 radical (unpaired) electrons. The van der Waals surface area contributed by atoms with Crippen LogP contribution < -0.4 is 16.2 Å². The Balaban J connectivity index is 1.69. The van der Waals surface area contributed by atoms with E-state index in [1.807, 2.05) is 48.5 Å². The van der Waals surface area contributed by atoms with E-state index in [-0.39, 0.29) is 4.90 Å². The number of nitrogen functional groups attached to an aromatic ring is 1. The molecular formula is C25H25N3O3S. The van der Waals surface area contributed by atoms with E-state index in [2.05, 4.69) is 17.4 Å². The monoisotopic (exact) mass is 447 g/mol. The summed E-state index contributed by atoms with van der Waals surface area (Å²) in [6.07, 6.45) is 2.86. The number of nitrogens with two attached hydrogens (primary N) is 2. The maximum absolute atomic E-state index is 12.0. The van der Waals surface area contributed by atoms with Crippen molar-refractivity contribution in [1.82, 2.24) is 0 Å². The highest BCUT2D eigenvalue weighted by Gasteiger charge is 2.14. The van der Waals surface area contributed by atoms with Gasteiger partial charge < -0.3 is 15.5 Å². The SMILES string of the molecule is Nc1ccc(Cc2ccccc2)c(Cc2cc(S(N)(=O)=O)ccc2NCc2ccco2)c1. The fraction of sp³-hybridized carbons (Fsp3) is 0.120. The van der Waals surface area contributed by atoms with Crippen LogP contribution in [-0.2, 0) is 29.4 Å². The number of anilines is 2. The highest BCUT2D eigenvalue weighted by molar-refractivity contribution is 7.89. The number of rotatable bonds is 8. The molecule has 0 atom stereocenters. The number of hydrogen-bond donors (Lipinski definition) is 3. The van der Waals surface area contributed by atoms with Crippen LogP contribution in [-0.4, -0.2) is 8.42 Å². The van der Waals surface area contributed by atoms with Gasteiger partial charge in [0.2, 0.25) is 10.0 Å². The number of benzene rings is 3. The molecule has 0 bridgehead atoms. The van der Waals surface area contributed by atoms with Gasteiger partial charge in [-0.1, -0.05) is 36.4 Å². The molecule has 32 heavy (non-hydrogen) atoms. The van der Waals surface area contributed by atoms with Crippen LogP contribution in [0.5, 0.6) is 0 Å². The molecule has 0 amide bonds. The average Bonchev–Trinajstić information content (AvgIpc) is 3.28. The summed E-state index contributed by atoms with van der Waals surface area (Å²) in [5.41, 5.74) is 11.7. The zero-order chi connectivity index (χ0) is 22.6. The summed E-state index contributed by atoms with van der Waals surface area (Å²) in [4.78, 5) is 0.0737. The Morgan fingerprint density at radius 2 is 1.62 bits per heavy atom. The third-order valence-electron chi connectivity index (χ3n) is 5.29. The first-order valence-electron chi connectivity index (χ1n) is 10.2. The van der Waals surface area contributed by atoms with Gasteiger partial charge in [-0.3, -0.25) is 0 Å². The minimum atomic E-state index is -3.83. The molecule has 4 aromatic rings. The quantitative estimate of drug-likeness (QED) is 0.349. The molecule has 4 rings (SSSR count). The van der Waals surface area contributed by atoms with Crippen LogP contribution in [0.3, 0.4) is 0 Å². The van der Waals surface area contributed by atoms with E-state index in [0.29, 0.717) is 18.7 Å². The first kappa shape index (κ1) is 21.7. The topological polar surface area (TPSA) is 111 Å². The van der Waals surface area contributed by atoms with Crippen LogP contribution >= 0.6 is 0 Å². The Hall–Kier alpha value is -3.55. The fourth-order valence-electron chi connectivity index (χ4n) is 3.67. The lowest BCUT2D eigenvalue weighted by Gasteiger charge is -2.16. The highest BCUT2D eigenvalue weighted by atomic mass is 32.2. The molecular weight excluding hydrogens is 422 g/mol. The Kier molecular flexibility index (Phi) is 6.30. The zero-order valence-corrected chi connectivity index (χ0v) is 18.3. The highest BCUT2D eigenvalue weighted by Crippen LogP contribution is 2.27. The van der Waals surface area contributed by atoms with Crippen molar-refractivity contribution in [3.05, 3.63) is 113 Å². The molecule has 0 aliphatic rings.